The molecule has 0 radical (unpaired) electrons. The minimum atomic E-state index is 0.361. The summed E-state index contributed by atoms with van der Waals surface area (Å²) in [5.41, 5.74) is 0.916. The van der Waals surface area contributed by atoms with Crippen molar-refractivity contribution in [2.45, 2.75) is 26.8 Å². The van der Waals surface area contributed by atoms with Crippen LogP contribution < -0.4 is 5.32 Å². The Morgan fingerprint density at radius 1 is 1.44 bits per heavy atom. The molecule has 1 rings (SSSR count). The van der Waals surface area contributed by atoms with Crippen molar-refractivity contribution in [2.24, 2.45) is 0 Å². The number of hydrogen-bond donors (Lipinski definition) is 1. The van der Waals surface area contributed by atoms with Crippen LogP contribution in [0.2, 0.25) is 5.15 Å². The van der Waals surface area contributed by atoms with Crippen LogP contribution in [0.3, 0.4) is 0 Å². The number of hydrogen-bond acceptors (Lipinski definition) is 4. The molecule has 1 heterocycles. The Balaban J connectivity index is 2.47. The van der Waals surface area contributed by atoms with Crippen LogP contribution in [0.25, 0.3) is 0 Å². The molecule has 0 aromatic carbocycles. The van der Waals surface area contributed by atoms with Gasteiger partial charge in [0.05, 0.1) is 11.9 Å². The summed E-state index contributed by atoms with van der Waals surface area (Å²) >= 11 is 5.76. The van der Waals surface area contributed by atoms with Gasteiger partial charge in [-0.25, -0.2) is 0 Å². The normalized spacial score (nSPS) is 12.8. The van der Waals surface area contributed by atoms with E-state index in [1.54, 1.807) is 12.3 Å². The molecule has 0 bridgehead atoms. The number of nitrogens with one attached hydrogen (secondary N) is 1. The van der Waals surface area contributed by atoms with E-state index < -0.39 is 0 Å². The van der Waals surface area contributed by atoms with E-state index in [9.17, 15) is 0 Å². The molecule has 16 heavy (non-hydrogen) atoms. The second kappa shape index (κ2) is 6.66. The Kier molecular flexibility index (Phi) is 5.49. The number of anilines is 1. The largest absolute Gasteiger partial charge is 0.380 e. The summed E-state index contributed by atoms with van der Waals surface area (Å²) in [6, 6.07) is 2.15. The average Bonchev–Trinajstić information content (AvgIpc) is 2.26. The van der Waals surface area contributed by atoms with Crippen LogP contribution >= 0.6 is 11.6 Å². The van der Waals surface area contributed by atoms with Crippen molar-refractivity contribution >= 4 is 17.3 Å². The highest BCUT2D eigenvalue weighted by molar-refractivity contribution is 6.29. The fourth-order valence-corrected chi connectivity index (χ4v) is 1.78. The molecule has 0 spiro atoms. The van der Waals surface area contributed by atoms with Crippen LogP contribution in [0.15, 0.2) is 12.3 Å². The molecular formula is C11H19ClN4. The van der Waals surface area contributed by atoms with Gasteiger partial charge >= 0.3 is 0 Å². The smallest absolute Gasteiger partial charge is 0.153 e. The fraction of sp³-hybridized carbons (Fsp3) is 0.636. The number of nitrogens with zero attached hydrogens (tertiary/aromatic N) is 3. The van der Waals surface area contributed by atoms with Crippen LogP contribution in [0, 0.1) is 0 Å². The lowest BCUT2D eigenvalue weighted by Crippen LogP contribution is -2.34. The molecule has 0 saturated heterocycles. The van der Waals surface area contributed by atoms with E-state index in [4.69, 9.17) is 11.6 Å². The van der Waals surface area contributed by atoms with Gasteiger partial charge in [0.2, 0.25) is 0 Å². The van der Waals surface area contributed by atoms with E-state index in [1.807, 2.05) is 0 Å². The molecule has 5 heteroatoms. The fourth-order valence-electron chi connectivity index (χ4n) is 1.62. The number of likely N-dealkylation sites (N-methyl/N-ethyl adjacent to an activating group) is 1. The van der Waals surface area contributed by atoms with Crippen LogP contribution in [0.4, 0.5) is 5.69 Å². The summed E-state index contributed by atoms with van der Waals surface area (Å²) < 4.78 is 0. The maximum atomic E-state index is 5.76. The van der Waals surface area contributed by atoms with Gasteiger partial charge in [0.25, 0.3) is 0 Å². The van der Waals surface area contributed by atoms with Gasteiger partial charge in [-0.05, 0) is 20.0 Å². The maximum absolute atomic E-state index is 5.76. The third kappa shape index (κ3) is 4.33. The van der Waals surface area contributed by atoms with E-state index in [-0.39, 0.29) is 0 Å². The first-order valence-corrected chi connectivity index (χ1v) is 6.00. The number of rotatable bonds is 6. The molecule has 90 valence electrons. The summed E-state index contributed by atoms with van der Waals surface area (Å²) in [7, 11) is 0. The summed E-state index contributed by atoms with van der Waals surface area (Å²) in [5, 5.41) is 11.3. The lowest BCUT2D eigenvalue weighted by atomic mass is 10.3. The van der Waals surface area contributed by atoms with Crippen molar-refractivity contribution < 1.29 is 0 Å². The highest BCUT2D eigenvalue weighted by Crippen LogP contribution is 2.11. The summed E-state index contributed by atoms with van der Waals surface area (Å²) in [6.07, 6.45) is 1.69. The lowest BCUT2D eigenvalue weighted by molar-refractivity contribution is 0.295. The second-order valence-corrected chi connectivity index (χ2v) is 4.19. The third-order valence-corrected chi connectivity index (χ3v) is 2.65. The SMILES string of the molecule is CCN(CC)CC(C)Nc1cnnc(Cl)c1. The highest BCUT2D eigenvalue weighted by atomic mass is 35.5. The zero-order chi connectivity index (χ0) is 12.0. The van der Waals surface area contributed by atoms with Crippen LogP contribution in [-0.2, 0) is 0 Å². The Morgan fingerprint density at radius 3 is 2.69 bits per heavy atom. The molecule has 0 fully saturated rings. The van der Waals surface area contributed by atoms with Crippen molar-refractivity contribution in [1.29, 1.82) is 0 Å². The predicted octanol–water partition coefficient (Wildman–Crippen LogP) is 2.27. The second-order valence-electron chi connectivity index (χ2n) is 3.80. The summed E-state index contributed by atoms with van der Waals surface area (Å²) in [4.78, 5) is 2.37. The van der Waals surface area contributed by atoms with Crippen molar-refractivity contribution in [3.8, 4) is 0 Å². The Labute approximate surface area is 102 Å². The van der Waals surface area contributed by atoms with Gasteiger partial charge in [-0.1, -0.05) is 25.4 Å². The van der Waals surface area contributed by atoms with Gasteiger partial charge in [0.15, 0.2) is 5.15 Å². The van der Waals surface area contributed by atoms with Gasteiger partial charge in [0, 0.05) is 18.7 Å². The first-order chi connectivity index (χ1) is 7.65. The number of aromatic nitrogens is 2. The van der Waals surface area contributed by atoms with Crippen LogP contribution in [0.5, 0.6) is 0 Å². The highest BCUT2D eigenvalue weighted by Gasteiger charge is 2.07. The van der Waals surface area contributed by atoms with Gasteiger partial charge in [-0.3, -0.25) is 0 Å². The summed E-state index contributed by atoms with van der Waals surface area (Å²) in [5.74, 6) is 0. The van der Waals surface area contributed by atoms with Crippen LogP contribution in [0.1, 0.15) is 20.8 Å². The monoisotopic (exact) mass is 242 g/mol. The van der Waals surface area contributed by atoms with Gasteiger partial charge in [0.1, 0.15) is 0 Å². The summed E-state index contributed by atoms with van der Waals surface area (Å²) in [6.45, 7) is 9.62. The van der Waals surface area contributed by atoms with E-state index in [2.05, 4.69) is 41.2 Å². The molecule has 1 N–H and O–H groups in total. The molecule has 1 atom stereocenters. The molecule has 1 aromatic rings. The quantitative estimate of drug-likeness (QED) is 0.831. The first-order valence-electron chi connectivity index (χ1n) is 5.62. The number of halogens is 1. The van der Waals surface area contributed by atoms with E-state index in [0.717, 1.165) is 25.3 Å². The molecule has 1 unspecified atom stereocenters. The zero-order valence-electron chi connectivity index (χ0n) is 10.1. The van der Waals surface area contributed by atoms with Crippen molar-refractivity contribution in [2.75, 3.05) is 25.0 Å². The predicted molar refractivity (Wildman–Crippen MR) is 67.9 cm³/mol. The average molecular weight is 243 g/mol. The van der Waals surface area contributed by atoms with E-state index in [1.165, 1.54) is 0 Å². The third-order valence-electron chi connectivity index (χ3n) is 2.46. The van der Waals surface area contributed by atoms with Crippen molar-refractivity contribution in [1.82, 2.24) is 15.1 Å². The van der Waals surface area contributed by atoms with Gasteiger partial charge in [-0.15, -0.1) is 5.10 Å². The molecule has 1 aromatic heterocycles. The van der Waals surface area contributed by atoms with Crippen molar-refractivity contribution in [3.05, 3.63) is 17.4 Å². The first kappa shape index (κ1) is 13.2. The topological polar surface area (TPSA) is 41.0 Å². The molecule has 4 nitrogen and oxygen atoms in total. The molecule has 0 aliphatic carbocycles. The van der Waals surface area contributed by atoms with Crippen molar-refractivity contribution in [3.63, 3.8) is 0 Å². The lowest BCUT2D eigenvalue weighted by Gasteiger charge is -2.23. The Morgan fingerprint density at radius 2 is 2.12 bits per heavy atom. The molecule has 0 aliphatic rings. The molecule has 0 aliphatic heterocycles. The molecule has 0 saturated carbocycles. The van der Waals surface area contributed by atoms with E-state index >= 15 is 0 Å². The minimum Gasteiger partial charge on any atom is -0.380 e. The maximum Gasteiger partial charge on any atom is 0.153 e. The molecular weight excluding hydrogens is 224 g/mol. The Bertz CT molecular complexity index is 315. The zero-order valence-corrected chi connectivity index (χ0v) is 10.8. The van der Waals surface area contributed by atoms with Gasteiger partial charge < -0.3 is 10.2 Å². The molecule has 0 amide bonds. The standard InChI is InChI=1S/C11H19ClN4/c1-4-16(5-2)8-9(3)14-10-6-11(12)15-13-7-10/h6-7,9H,4-5,8H2,1-3H3,(H,14,15). The van der Waals surface area contributed by atoms with Gasteiger partial charge in [-0.2, -0.15) is 5.10 Å². The Hall–Kier alpha value is -0.870. The van der Waals surface area contributed by atoms with Crippen LogP contribution in [-0.4, -0.2) is 40.8 Å². The van der Waals surface area contributed by atoms with E-state index in [0.29, 0.717) is 11.2 Å². The minimum absolute atomic E-state index is 0.361.